The lowest BCUT2D eigenvalue weighted by molar-refractivity contribution is 0.211. The summed E-state index contributed by atoms with van der Waals surface area (Å²) in [6, 6.07) is 17.6. The summed E-state index contributed by atoms with van der Waals surface area (Å²) in [5, 5.41) is 3.27. The zero-order valence-corrected chi connectivity index (χ0v) is 10.4. The predicted octanol–water partition coefficient (Wildman–Crippen LogP) is 3.54. The highest BCUT2D eigenvalue weighted by molar-refractivity contribution is 5.49. The molecule has 18 heavy (non-hydrogen) atoms. The summed E-state index contributed by atoms with van der Waals surface area (Å²) in [5.41, 5.74) is 1.03. The van der Waals surface area contributed by atoms with Crippen molar-refractivity contribution in [3.8, 4) is 11.5 Å². The average Bonchev–Trinajstić information content (AvgIpc) is 2.41. The molecule has 2 rings (SSSR count). The molecule has 0 aliphatic heterocycles. The van der Waals surface area contributed by atoms with Gasteiger partial charge < -0.3 is 14.8 Å². The summed E-state index contributed by atoms with van der Waals surface area (Å²) in [7, 11) is 1.69. The zero-order chi connectivity index (χ0) is 12.6. The van der Waals surface area contributed by atoms with Crippen LogP contribution < -0.4 is 10.1 Å². The summed E-state index contributed by atoms with van der Waals surface area (Å²) in [5.74, 6) is 1.66. The summed E-state index contributed by atoms with van der Waals surface area (Å²) >= 11 is 0. The van der Waals surface area contributed by atoms with E-state index in [4.69, 9.17) is 9.47 Å². The normalized spacial score (nSPS) is 10.1. The first-order valence-electron chi connectivity index (χ1n) is 5.94. The molecular formula is C15H17NO2. The van der Waals surface area contributed by atoms with Gasteiger partial charge in [-0.25, -0.2) is 0 Å². The Labute approximate surface area is 107 Å². The second kappa shape index (κ2) is 6.67. The third-order valence-electron chi connectivity index (χ3n) is 2.45. The fourth-order valence-corrected chi connectivity index (χ4v) is 1.59. The minimum absolute atomic E-state index is 0.684. The van der Waals surface area contributed by atoms with Gasteiger partial charge in [0.05, 0.1) is 6.61 Å². The van der Waals surface area contributed by atoms with Crippen LogP contribution >= 0.6 is 0 Å². The van der Waals surface area contributed by atoms with Crippen LogP contribution in [-0.2, 0) is 4.74 Å². The monoisotopic (exact) mass is 243 g/mol. The SMILES string of the molecule is COCCNc1cccc(Oc2ccccc2)c1. The molecule has 0 atom stereocenters. The van der Waals surface area contributed by atoms with E-state index < -0.39 is 0 Å². The molecule has 0 aliphatic carbocycles. The fourth-order valence-electron chi connectivity index (χ4n) is 1.59. The second-order valence-electron chi connectivity index (χ2n) is 3.86. The Kier molecular flexibility index (Phi) is 4.61. The van der Waals surface area contributed by atoms with E-state index in [1.54, 1.807) is 7.11 Å². The van der Waals surface area contributed by atoms with E-state index in [0.29, 0.717) is 6.61 Å². The topological polar surface area (TPSA) is 30.5 Å². The highest BCUT2D eigenvalue weighted by Crippen LogP contribution is 2.23. The Bertz CT molecular complexity index is 471. The Morgan fingerprint density at radius 2 is 1.72 bits per heavy atom. The van der Waals surface area contributed by atoms with Gasteiger partial charge in [-0.3, -0.25) is 0 Å². The van der Waals surface area contributed by atoms with Gasteiger partial charge in [-0.05, 0) is 24.3 Å². The molecule has 2 aromatic rings. The molecule has 0 saturated carbocycles. The summed E-state index contributed by atoms with van der Waals surface area (Å²) < 4.78 is 10.7. The van der Waals surface area contributed by atoms with Crippen molar-refractivity contribution in [1.82, 2.24) is 0 Å². The number of hydrogen-bond donors (Lipinski definition) is 1. The highest BCUT2D eigenvalue weighted by atomic mass is 16.5. The Morgan fingerprint density at radius 1 is 0.944 bits per heavy atom. The van der Waals surface area contributed by atoms with Crippen molar-refractivity contribution in [1.29, 1.82) is 0 Å². The van der Waals surface area contributed by atoms with Gasteiger partial charge in [0.2, 0.25) is 0 Å². The third kappa shape index (κ3) is 3.79. The van der Waals surface area contributed by atoms with E-state index in [2.05, 4.69) is 5.32 Å². The van der Waals surface area contributed by atoms with Gasteiger partial charge in [0.1, 0.15) is 11.5 Å². The van der Waals surface area contributed by atoms with Gasteiger partial charge in [-0.1, -0.05) is 24.3 Å². The molecule has 1 N–H and O–H groups in total. The molecule has 0 bridgehead atoms. The number of methoxy groups -OCH3 is 1. The maximum atomic E-state index is 5.75. The van der Waals surface area contributed by atoms with Gasteiger partial charge in [0, 0.05) is 25.4 Å². The minimum atomic E-state index is 0.684. The lowest BCUT2D eigenvalue weighted by atomic mass is 10.3. The quantitative estimate of drug-likeness (QED) is 0.787. The third-order valence-corrected chi connectivity index (χ3v) is 2.45. The van der Waals surface area contributed by atoms with Crippen molar-refractivity contribution in [2.75, 3.05) is 25.6 Å². The van der Waals surface area contributed by atoms with Crippen molar-refractivity contribution < 1.29 is 9.47 Å². The molecule has 3 nitrogen and oxygen atoms in total. The Hall–Kier alpha value is -2.00. The van der Waals surface area contributed by atoms with Gasteiger partial charge in [0.25, 0.3) is 0 Å². The molecule has 94 valence electrons. The maximum Gasteiger partial charge on any atom is 0.129 e. The van der Waals surface area contributed by atoms with Crippen LogP contribution in [0.1, 0.15) is 0 Å². The van der Waals surface area contributed by atoms with Crippen LogP contribution in [0.25, 0.3) is 0 Å². The molecule has 0 radical (unpaired) electrons. The number of benzene rings is 2. The lowest BCUT2D eigenvalue weighted by Gasteiger charge is -2.09. The predicted molar refractivity (Wildman–Crippen MR) is 73.3 cm³/mol. The average molecular weight is 243 g/mol. The van der Waals surface area contributed by atoms with Gasteiger partial charge >= 0.3 is 0 Å². The van der Waals surface area contributed by atoms with Crippen LogP contribution in [0.5, 0.6) is 11.5 Å². The van der Waals surface area contributed by atoms with E-state index >= 15 is 0 Å². The minimum Gasteiger partial charge on any atom is -0.457 e. The molecule has 0 fully saturated rings. The van der Waals surface area contributed by atoms with E-state index in [-0.39, 0.29) is 0 Å². The van der Waals surface area contributed by atoms with E-state index in [9.17, 15) is 0 Å². The molecule has 0 aliphatic rings. The van der Waals surface area contributed by atoms with Crippen molar-refractivity contribution in [3.05, 3.63) is 54.6 Å². The number of ether oxygens (including phenoxy) is 2. The van der Waals surface area contributed by atoms with E-state index in [1.807, 2.05) is 54.6 Å². The second-order valence-corrected chi connectivity index (χ2v) is 3.86. The fraction of sp³-hybridized carbons (Fsp3) is 0.200. The van der Waals surface area contributed by atoms with Crippen molar-refractivity contribution in [3.63, 3.8) is 0 Å². The summed E-state index contributed by atoms with van der Waals surface area (Å²) in [6.07, 6.45) is 0. The van der Waals surface area contributed by atoms with Crippen molar-refractivity contribution >= 4 is 5.69 Å². The molecule has 0 aromatic heterocycles. The maximum absolute atomic E-state index is 5.75. The van der Waals surface area contributed by atoms with Crippen molar-refractivity contribution in [2.24, 2.45) is 0 Å². The van der Waals surface area contributed by atoms with Crippen LogP contribution in [0.4, 0.5) is 5.69 Å². The molecule has 3 heteroatoms. The first-order valence-corrected chi connectivity index (χ1v) is 5.94. The molecule has 0 saturated heterocycles. The lowest BCUT2D eigenvalue weighted by Crippen LogP contribution is -2.07. The van der Waals surface area contributed by atoms with Crippen LogP contribution in [0, 0.1) is 0 Å². The van der Waals surface area contributed by atoms with E-state index in [1.165, 1.54) is 0 Å². The standard InChI is InChI=1S/C15H17NO2/c1-17-11-10-16-13-6-5-9-15(12-13)18-14-7-3-2-4-8-14/h2-9,12,16H,10-11H2,1H3. The first-order chi connectivity index (χ1) is 8.88. The van der Waals surface area contributed by atoms with Crippen LogP contribution in [0.2, 0.25) is 0 Å². The van der Waals surface area contributed by atoms with Crippen LogP contribution in [-0.4, -0.2) is 20.3 Å². The highest BCUT2D eigenvalue weighted by Gasteiger charge is 1.98. The van der Waals surface area contributed by atoms with Crippen LogP contribution in [0.15, 0.2) is 54.6 Å². The number of anilines is 1. The molecule has 0 unspecified atom stereocenters. The van der Waals surface area contributed by atoms with Gasteiger partial charge in [0.15, 0.2) is 0 Å². The molecule has 2 aromatic carbocycles. The largest absolute Gasteiger partial charge is 0.457 e. The van der Waals surface area contributed by atoms with Gasteiger partial charge in [-0.2, -0.15) is 0 Å². The Balaban J connectivity index is 1.99. The Morgan fingerprint density at radius 3 is 2.50 bits per heavy atom. The summed E-state index contributed by atoms with van der Waals surface area (Å²) in [4.78, 5) is 0. The van der Waals surface area contributed by atoms with Gasteiger partial charge in [-0.15, -0.1) is 0 Å². The number of para-hydroxylation sites is 1. The first kappa shape index (κ1) is 12.5. The van der Waals surface area contributed by atoms with Crippen molar-refractivity contribution in [2.45, 2.75) is 0 Å². The number of hydrogen-bond acceptors (Lipinski definition) is 3. The van der Waals surface area contributed by atoms with E-state index in [0.717, 1.165) is 23.7 Å². The smallest absolute Gasteiger partial charge is 0.129 e. The molecular weight excluding hydrogens is 226 g/mol. The molecule has 0 heterocycles. The number of nitrogens with one attached hydrogen (secondary N) is 1. The number of rotatable bonds is 6. The summed E-state index contributed by atoms with van der Waals surface area (Å²) in [6.45, 7) is 1.47. The molecule has 0 amide bonds. The van der Waals surface area contributed by atoms with Crippen LogP contribution in [0.3, 0.4) is 0 Å². The zero-order valence-electron chi connectivity index (χ0n) is 10.4. The molecule has 0 spiro atoms.